The molecule has 0 radical (unpaired) electrons. The summed E-state index contributed by atoms with van der Waals surface area (Å²) in [6.07, 6.45) is 6.17. The van der Waals surface area contributed by atoms with Gasteiger partial charge in [0.1, 0.15) is 11.6 Å². The van der Waals surface area contributed by atoms with E-state index in [0.29, 0.717) is 19.3 Å². The molecule has 3 saturated heterocycles. The maximum atomic E-state index is 14.9. The number of fused-ring (bicyclic) bond motifs is 1. The lowest BCUT2D eigenvalue weighted by atomic mass is 9.70. The van der Waals surface area contributed by atoms with Crippen LogP contribution in [0.1, 0.15) is 57.1 Å². The van der Waals surface area contributed by atoms with Crippen LogP contribution < -0.4 is 4.90 Å². The highest BCUT2D eigenvalue weighted by Crippen LogP contribution is 2.61. The maximum absolute atomic E-state index is 14.9. The van der Waals surface area contributed by atoms with Crippen molar-refractivity contribution in [1.29, 1.82) is 0 Å². The van der Waals surface area contributed by atoms with Crippen molar-refractivity contribution >= 4 is 39.4 Å². The third-order valence-electron chi connectivity index (χ3n) is 8.91. The van der Waals surface area contributed by atoms with E-state index in [1.807, 2.05) is 52.0 Å². The second-order valence-electron chi connectivity index (χ2n) is 12.3. The van der Waals surface area contributed by atoms with Gasteiger partial charge in [-0.05, 0) is 63.0 Å². The Hall–Kier alpha value is -2.49. The van der Waals surface area contributed by atoms with Crippen LogP contribution in [0.2, 0.25) is 0 Å². The van der Waals surface area contributed by atoms with Crippen molar-refractivity contribution in [3.8, 4) is 0 Å². The number of aryl methyl sites for hydroxylation is 2. The molecule has 42 heavy (non-hydrogen) atoms. The maximum Gasteiger partial charge on any atom is 0.312 e. The summed E-state index contributed by atoms with van der Waals surface area (Å²) in [5, 5.41) is 10.6. The van der Waals surface area contributed by atoms with Gasteiger partial charge in [-0.25, -0.2) is 0 Å². The molecule has 3 fully saturated rings. The van der Waals surface area contributed by atoms with E-state index in [1.54, 1.807) is 15.9 Å². The summed E-state index contributed by atoms with van der Waals surface area (Å²) in [4.78, 5) is 45.9. The summed E-state index contributed by atoms with van der Waals surface area (Å²) >= 11 is 3.72. The van der Waals surface area contributed by atoms with Gasteiger partial charge in [-0.3, -0.25) is 14.4 Å². The number of amides is 2. The van der Waals surface area contributed by atoms with E-state index in [4.69, 9.17) is 9.47 Å². The average Bonchev–Trinajstić information content (AvgIpc) is 3.53. The fraction of sp³-hybridized carbons (Fsp3) is 0.606. The Kier molecular flexibility index (Phi) is 10.4. The van der Waals surface area contributed by atoms with Crippen LogP contribution in [0.25, 0.3) is 0 Å². The van der Waals surface area contributed by atoms with Crippen molar-refractivity contribution in [2.45, 2.75) is 88.4 Å². The van der Waals surface area contributed by atoms with Gasteiger partial charge in [0.15, 0.2) is 0 Å². The molecule has 1 spiro atoms. The SMILES string of the molecule is C=CCCCCOC(=O)[C@H]1[C@@H]2OC3(CC2Br)C(C(=O)N(CC=C)c2c(C)cccc2C)N([C@@H](CO)CC(C)C)C(=O)[C@H]13. The van der Waals surface area contributed by atoms with Gasteiger partial charge in [-0.15, -0.1) is 13.2 Å². The number of halogens is 1. The number of likely N-dealkylation sites (tertiary alicyclic amines) is 1. The number of rotatable bonds is 14. The first-order chi connectivity index (χ1) is 20.0. The Labute approximate surface area is 258 Å². The lowest BCUT2D eigenvalue weighted by Crippen LogP contribution is -2.59. The number of aliphatic hydroxyl groups is 1. The number of nitrogens with zero attached hydrogens (tertiary/aromatic N) is 2. The third-order valence-corrected chi connectivity index (χ3v) is 9.76. The van der Waals surface area contributed by atoms with Crippen molar-refractivity contribution in [2.75, 3.05) is 24.7 Å². The summed E-state index contributed by atoms with van der Waals surface area (Å²) in [7, 11) is 0. The lowest BCUT2D eigenvalue weighted by Gasteiger charge is -2.40. The first-order valence-electron chi connectivity index (χ1n) is 15.0. The molecule has 3 aliphatic rings. The molecule has 1 N–H and O–H groups in total. The highest BCUT2D eigenvalue weighted by molar-refractivity contribution is 9.09. The van der Waals surface area contributed by atoms with Gasteiger partial charge in [0.05, 0.1) is 37.2 Å². The first-order valence-corrected chi connectivity index (χ1v) is 16.0. The number of carbonyl (C=O) groups is 3. The Morgan fingerprint density at radius 1 is 1.24 bits per heavy atom. The highest BCUT2D eigenvalue weighted by atomic mass is 79.9. The number of unbranched alkanes of at least 4 members (excludes halogenated alkanes) is 2. The molecule has 0 aliphatic carbocycles. The summed E-state index contributed by atoms with van der Waals surface area (Å²) in [6.45, 7) is 15.7. The van der Waals surface area contributed by atoms with E-state index in [9.17, 15) is 19.5 Å². The van der Waals surface area contributed by atoms with Crippen molar-refractivity contribution in [2.24, 2.45) is 17.8 Å². The van der Waals surface area contributed by atoms with Gasteiger partial charge in [0, 0.05) is 17.1 Å². The smallest absolute Gasteiger partial charge is 0.312 e. The van der Waals surface area contributed by atoms with Crippen molar-refractivity contribution < 1.29 is 29.0 Å². The van der Waals surface area contributed by atoms with E-state index in [0.717, 1.165) is 29.7 Å². The number of hydrogen-bond donors (Lipinski definition) is 1. The van der Waals surface area contributed by atoms with Gasteiger partial charge in [0.25, 0.3) is 5.91 Å². The number of esters is 1. The molecule has 4 rings (SSSR count). The third kappa shape index (κ3) is 5.72. The van der Waals surface area contributed by atoms with Gasteiger partial charge >= 0.3 is 5.97 Å². The first kappa shape index (κ1) is 32.4. The van der Waals surface area contributed by atoms with Crippen LogP contribution in [-0.4, -0.2) is 76.2 Å². The Bertz CT molecular complexity index is 1180. The highest BCUT2D eigenvalue weighted by Gasteiger charge is 2.77. The molecule has 2 bridgehead atoms. The van der Waals surface area contributed by atoms with Crippen LogP contribution in [0.3, 0.4) is 0 Å². The van der Waals surface area contributed by atoms with E-state index in [1.165, 1.54) is 0 Å². The number of benzene rings is 1. The standard InChI is InChI=1S/C33H45BrN2O6/c1-7-9-10-11-16-41-32(40)25-26-30(38)36(23(19-37)17-20(3)4)29(33(26)18-24(34)28(25)42-33)31(39)35(15-8-2)27-21(5)13-12-14-22(27)6/h7-8,12-14,20,23-26,28-29,37H,1-2,9-11,15-19H2,3-6H3/t23-,24?,25-,26+,28-,29?,33?/m1/s1. The zero-order chi connectivity index (χ0) is 30.8. The number of hydrogen-bond acceptors (Lipinski definition) is 6. The molecule has 3 aliphatic heterocycles. The number of anilines is 1. The number of aliphatic hydroxyl groups excluding tert-OH is 1. The molecule has 2 amide bonds. The Balaban J connectivity index is 1.79. The summed E-state index contributed by atoms with van der Waals surface area (Å²) < 4.78 is 12.3. The summed E-state index contributed by atoms with van der Waals surface area (Å²) in [5.41, 5.74) is 1.37. The summed E-state index contributed by atoms with van der Waals surface area (Å²) in [5.74, 6) is -2.67. The predicted octanol–water partition coefficient (Wildman–Crippen LogP) is 4.88. The molecule has 3 heterocycles. The topological polar surface area (TPSA) is 96.4 Å². The second kappa shape index (κ2) is 13.4. The average molecular weight is 646 g/mol. The van der Waals surface area contributed by atoms with Gasteiger partial charge in [0.2, 0.25) is 5.91 Å². The molecule has 0 saturated carbocycles. The quantitative estimate of drug-likeness (QED) is 0.134. The lowest BCUT2D eigenvalue weighted by molar-refractivity contribution is -0.155. The predicted molar refractivity (Wildman–Crippen MR) is 166 cm³/mol. The van der Waals surface area contributed by atoms with Crippen LogP contribution in [0.5, 0.6) is 0 Å². The molecule has 8 nitrogen and oxygen atoms in total. The van der Waals surface area contributed by atoms with Crippen molar-refractivity contribution in [1.82, 2.24) is 4.90 Å². The number of ether oxygens (including phenoxy) is 2. The second-order valence-corrected chi connectivity index (χ2v) is 13.5. The van der Waals surface area contributed by atoms with Crippen LogP contribution in [-0.2, 0) is 23.9 Å². The fourth-order valence-corrected chi connectivity index (χ4v) is 8.23. The number of carbonyl (C=O) groups excluding carboxylic acids is 3. The molecular weight excluding hydrogens is 600 g/mol. The van der Waals surface area contributed by atoms with E-state index >= 15 is 0 Å². The molecule has 0 aromatic heterocycles. The Morgan fingerprint density at radius 2 is 1.93 bits per heavy atom. The van der Waals surface area contributed by atoms with E-state index < -0.39 is 41.6 Å². The zero-order valence-electron chi connectivity index (χ0n) is 25.3. The fourth-order valence-electron chi connectivity index (χ4n) is 7.29. The molecular formula is C33H45BrN2O6. The van der Waals surface area contributed by atoms with Crippen LogP contribution in [0, 0.1) is 31.6 Å². The van der Waals surface area contributed by atoms with Gasteiger partial charge in [-0.1, -0.05) is 60.1 Å². The molecule has 7 atom stereocenters. The normalized spacial score (nSPS) is 28.6. The molecule has 230 valence electrons. The van der Waals surface area contributed by atoms with Crippen molar-refractivity contribution in [3.63, 3.8) is 0 Å². The molecule has 1 aromatic carbocycles. The minimum atomic E-state index is -1.24. The zero-order valence-corrected chi connectivity index (χ0v) is 26.8. The number of para-hydroxylation sites is 1. The van der Waals surface area contributed by atoms with E-state index in [-0.39, 0.29) is 42.3 Å². The minimum Gasteiger partial charge on any atom is -0.465 e. The minimum absolute atomic E-state index is 0.157. The number of alkyl halides is 1. The molecule has 1 aromatic rings. The van der Waals surface area contributed by atoms with Gasteiger partial charge in [-0.2, -0.15) is 0 Å². The van der Waals surface area contributed by atoms with Crippen LogP contribution in [0.15, 0.2) is 43.5 Å². The van der Waals surface area contributed by atoms with Crippen LogP contribution in [0.4, 0.5) is 5.69 Å². The van der Waals surface area contributed by atoms with Gasteiger partial charge < -0.3 is 24.4 Å². The summed E-state index contributed by atoms with van der Waals surface area (Å²) in [6, 6.07) is 4.21. The molecule has 3 unspecified atom stereocenters. The monoisotopic (exact) mass is 644 g/mol. The molecule has 9 heteroatoms. The largest absolute Gasteiger partial charge is 0.465 e. The van der Waals surface area contributed by atoms with Crippen LogP contribution >= 0.6 is 15.9 Å². The van der Waals surface area contributed by atoms with Crippen molar-refractivity contribution in [3.05, 3.63) is 54.6 Å². The number of allylic oxidation sites excluding steroid dienone is 1. The van der Waals surface area contributed by atoms with E-state index in [2.05, 4.69) is 29.1 Å². The Morgan fingerprint density at radius 3 is 2.52 bits per heavy atom.